The minimum atomic E-state index is -3.94. The van der Waals surface area contributed by atoms with E-state index in [9.17, 15) is 13.2 Å². The van der Waals surface area contributed by atoms with Crippen molar-refractivity contribution in [3.63, 3.8) is 0 Å². The summed E-state index contributed by atoms with van der Waals surface area (Å²) in [5.41, 5.74) is 3.74. The lowest BCUT2D eigenvalue weighted by Crippen LogP contribution is -2.52. The average molecular weight is 427 g/mol. The van der Waals surface area contributed by atoms with Gasteiger partial charge in [-0.2, -0.15) is 4.31 Å². The zero-order chi connectivity index (χ0) is 21.6. The number of fused-ring (bicyclic) bond motifs is 3. The van der Waals surface area contributed by atoms with Crippen LogP contribution in [0.4, 0.5) is 0 Å². The second kappa shape index (κ2) is 7.56. The zero-order valence-electron chi connectivity index (χ0n) is 17.5. The minimum Gasteiger partial charge on any atom is -0.468 e. The molecule has 3 aromatic rings. The van der Waals surface area contributed by atoms with Crippen molar-refractivity contribution in [1.29, 1.82) is 0 Å². The van der Waals surface area contributed by atoms with E-state index in [0.29, 0.717) is 0 Å². The number of methoxy groups -OCH3 is 1. The second-order valence-corrected chi connectivity index (χ2v) is 9.99. The molecule has 30 heavy (non-hydrogen) atoms. The van der Waals surface area contributed by atoms with E-state index in [4.69, 9.17) is 4.74 Å². The van der Waals surface area contributed by atoms with E-state index in [2.05, 4.69) is 4.98 Å². The largest absolute Gasteiger partial charge is 0.468 e. The van der Waals surface area contributed by atoms with Gasteiger partial charge in [0.25, 0.3) is 0 Å². The Morgan fingerprint density at radius 3 is 2.43 bits per heavy atom. The van der Waals surface area contributed by atoms with Crippen molar-refractivity contribution in [1.82, 2.24) is 9.29 Å². The van der Waals surface area contributed by atoms with Crippen LogP contribution in [-0.2, 0) is 26.0 Å². The third-order valence-electron chi connectivity index (χ3n) is 5.82. The molecule has 0 saturated carbocycles. The molecule has 6 nitrogen and oxygen atoms in total. The van der Waals surface area contributed by atoms with E-state index in [-0.39, 0.29) is 17.2 Å². The number of aromatic nitrogens is 1. The molecular formula is C23H26N2O4S. The number of sulfonamides is 1. The molecule has 2 atom stereocenters. The monoisotopic (exact) mass is 426 g/mol. The van der Waals surface area contributed by atoms with E-state index in [1.165, 1.54) is 11.4 Å². The van der Waals surface area contributed by atoms with Crippen molar-refractivity contribution in [3.05, 3.63) is 65.4 Å². The van der Waals surface area contributed by atoms with Crippen LogP contribution in [0.2, 0.25) is 0 Å². The molecule has 2 heterocycles. The number of hydrogen-bond donors (Lipinski definition) is 1. The maximum Gasteiger partial charge on any atom is 0.324 e. The first kappa shape index (κ1) is 20.6. The number of nitrogens with one attached hydrogen (secondary N) is 1. The quantitative estimate of drug-likeness (QED) is 0.641. The number of ether oxygens (including phenoxy) is 1. The molecule has 0 amide bonds. The van der Waals surface area contributed by atoms with E-state index in [1.54, 1.807) is 24.3 Å². The number of aromatic amines is 1. The Hall–Kier alpha value is -2.64. The zero-order valence-corrected chi connectivity index (χ0v) is 18.4. The maximum atomic E-state index is 13.8. The van der Waals surface area contributed by atoms with Gasteiger partial charge in [-0.05, 0) is 36.6 Å². The molecule has 0 radical (unpaired) electrons. The fourth-order valence-electron chi connectivity index (χ4n) is 4.40. The number of aryl methyl sites for hydroxylation is 1. The number of benzene rings is 2. The summed E-state index contributed by atoms with van der Waals surface area (Å²) in [4.78, 5) is 16.4. The summed E-state index contributed by atoms with van der Waals surface area (Å²) in [6.45, 7) is 5.84. The highest BCUT2D eigenvalue weighted by molar-refractivity contribution is 7.89. The van der Waals surface area contributed by atoms with E-state index >= 15 is 0 Å². The molecule has 2 aromatic carbocycles. The lowest BCUT2D eigenvalue weighted by Gasteiger charge is -2.41. The molecule has 1 aromatic heterocycles. The Morgan fingerprint density at radius 2 is 1.80 bits per heavy atom. The van der Waals surface area contributed by atoms with Gasteiger partial charge < -0.3 is 9.72 Å². The van der Waals surface area contributed by atoms with Gasteiger partial charge in [-0.25, -0.2) is 8.42 Å². The lowest BCUT2D eigenvalue weighted by atomic mass is 9.88. The number of esters is 1. The van der Waals surface area contributed by atoms with Gasteiger partial charge in [0.2, 0.25) is 10.0 Å². The predicted octanol–water partition coefficient (Wildman–Crippen LogP) is 3.96. The van der Waals surface area contributed by atoms with Crippen molar-refractivity contribution in [3.8, 4) is 0 Å². The first-order chi connectivity index (χ1) is 14.3. The Balaban J connectivity index is 1.96. The van der Waals surface area contributed by atoms with Crippen LogP contribution < -0.4 is 0 Å². The SMILES string of the molecule is COC(=O)C1Cc2c([nH]c3ccccc23)C(C(C)C)N1S(=O)(=O)c1ccc(C)cc1. The van der Waals surface area contributed by atoms with Gasteiger partial charge in [-0.3, -0.25) is 4.79 Å². The van der Waals surface area contributed by atoms with Crippen molar-refractivity contribution < 1.29 is 17.9 Å². The van der Waals surface area contributed by atoms with E-state index in [1.807, 2.05) is 45.0 Å². The molecule has 1 aliphatic rings. The lowest BCUT2D eigenvalue weighted by molar-refractivity contribution is -0.146. The molecule has 0 fully saturated rings. The van der Waals surface area contributed by atoms with Gasteiger partial charge in [0, 0.05) is 23.0 Å². The van der Waals surface area contributed by atoms with Gasteiger partial charge >= 0.3 is 5.97 Å². The summed E-state index contributed by atoms with van der Waals surface area (Å²) < 4.78 is 33.9. The Morgan fingerprint density at radius 1 is 1.13 bits per heavy atom. The second-order valence-electron chi connectivity index (χ2n) is 8.14. The van der Waals surface area contributed by atoms with Crippen LogP contribution in [-0.4, -0.2) is 36.8 Å². The molecule has 1 N–H and O–H groups in total. The smallest absolute Gasteiger partial charge is 0.324 e. The molecule has 0 bridgehead atoms. The predicted molar refractivity (Wildman–Crippen MR) is 116 cm³/mol. The van der Waals surface area contributed by atoms with Gasteiger partial charge in [0.05, 0.1) is 18.0 Å². The molecule has 0 spiro atoms. The number of H-pyrrole nitrogens is 1. The standard InChI is InChI=1S/C23H26N2O4S/c1-14(2)22-21-18(17-7-5-6-8-19(17)24-21)13-20(23(26)29-4)25(22)30(27,28)16-11-9-15(3)10-12-16/h5-12,14,20,22,24H,13H2,1-4H3. The third kappa shape index (κ3) is 3.22. The Labute approximate surface area is 176 Å². The molecule has 0 aliphatic carbocycles. The van der Waals surface area contributed by atoms with Crippen LogP contribution >= 0.6 is 0 Å². The summed E-state index contributed by atoms with van der Waals surface area (Å²) in [7, 11) is -2.65. The number of rotatable bonds is 4. The fraction of sp³-hybridized carbons (Fsp3) is 0.348. The number of carbonyl (C=O) groups excluding carboxylic acids is 1. The number of nitrogens with zero attached hydrogens (tertiary/aromatic N) is 1. The highest BCUT2D eigenvalue weighted by atomic mass is 32.2. The Kier molecular flexibility index (Phi) is 5.20. The first-order valence-electron chi connectivity index (χ1n) is 10.0. The van der Waals surface area contributed by atoms with Crippen molar-refractivity contribution in [2.45, 2.75) is 44.2 Å². The van der Waals surface area contributed by atoms with Crippen LogP contribution in [0, 0.1) is 12.8 Å². The third-order valence-corrected chi connectivity index (χ3v) is 7.73. The van der Waals surface area contributed by atoms with Crippen LogP contribution in [0.25, 0.3) is 10.9 Å². The fourth-order valence-corrected chi connectivity index (χ4v) is 6.26. The number of para-hydroxylation sites is 1. The number of carbonyl (C=O) groups is 1. The molecule has 4 rings (SSSR count). The average Bonchev–Trinajstić information content (AvgIpc) is 3.10. The van der Waals surface area contributed by atoms with Crippen molar-refractivity contribution in [2.24, 2.45) is 5.92 Å². The summed E-state index contributed by atoms with van der Waals surface area (Å²) in [6, 6.07) is 13.1. The molecule has 1 aliphatic heterocycles. The highest BCUT2D eigenvalue weighted by Gasteiger charge is 2.48. The molecular weight excluding hydrogens is 400 g/mol. The summed E-state index contributed by atoms with van der Waals surface area (Å²) >= 11 is 0. The van der Waals surface area contributed by atoms with Gasteiger partial charge in [-0.1, -0.05) is 49.7 Å². The van der Waals surface area contributed by atoms with Crippen LogP contribution in [0.3, 0.4) is 0 Å². The van der Waals surface area contributed by atoms with E-state index < -0.39 is 28.1 Å². The molecule has 0 saturated heterocycles. The van der Waals surface area contributed by atoms with Crippen molar-refractivity contribution >= 4 is 26.9 Å². The topological polar surface area (TPSA) is 79.5 Å². The molecule has 2 unspecified atom stereocenters. The summed E-state index contributed by atoms with van der Waals surface area (Å²) in [5.74, 6) is -0.614. The highest BCUT2D eigenvalue weighted by Crippen LogP contribution is 2.43. The maximum absolute atomic E-state index is 13.8. The van der Waals surface area contributed by atoms with Gasteiger partial charge in [-0.15, -0.1) is 0 Å². The van der Waals surface area contributed by atoms with Gasteiger partial charge in [0.15, 0.2) is 0 Å². The summed E-state index contributed by atoms with van der Waals surface area (Å²) in [5, 5.41) is 1.01. The van der Waals surface area contributed by atoms with Crippen LogP contribution in [0.5, 0.6) is 0 Å². The Bertz CT molecular complexity index is 1200. The number of hydrogen-bond acceptors (Lipinski definition) is 4. The normalized spacial score (nSPS) is 19.8. The van der Waals surface area contributed by atoms with Crippen molar-refractivity contribution in [2.75, 3.05) is 7.11 Å². The first-order valence-corrected chi connectivity index (χ1v) is 11.5. The van der Waals surface area contributed by atoms with E-state index in [0.717, 1.165) is 27.7 Å². The molecule has 158 valence electrons. The van der Waals surface area contributed by atoms with Gasteiger partial charge in [0.1, 0.15) is 6.04 Å². The summed E-state index contributed by atoms with van der Waals surface area (Å²) in [6.07, 6.45) is 0.264. The minimum absolute atomic E-state index is 0.0653. The van der Waals surface area contributed by atoms with Crippen LogP contribution in [0.1, 0.15) is 36.7 Å². The molecule has 7 heteroatoms. The van der Waals surface area contributed by atoms with Crippen LogP contribution in [0.15, 0.2) is 53.4 Å².